The third kappa shape index (κ3) is 3.49. The topological polar surface area (TPSA) is 15.3 Å². The minimum Gasteiger partial charge on any atom is -0.314 e. The van der Waals surface area contributed by atoms with Crippen LogP contribution in [0.15, 0.2) is 22.7 Å². The van der Waals surface area contributed by atoms with Gasteiger partial charge in [-0.25, -0.2) is 4.39 Å². The van der Waals surface area contributed by atoms with Crippen molar-refractivity contribution >= 4 is 15.9 Å². The van der Waals surface area contributed by atoms with Crippen LogP contribution in [-0.2, 0) is 0 Å². The number of nitrogens with one attached hydrogen (secondary N) is 1. The van der Waals surface area contributed by atoms with E-state index in [9.17, 15) is 4.39 Å². The predicted octanol–water partition coefficient (Wildman–Crippen LogP) is 4.11. The van der Waals surface area contributed by atoms with E-state index in [2.05, 4.69) is 33.1 Å². The van der Waals surface area contributed by atoms with E-state index in [1.807, 2.05) is 6.07 Å². The van der Waals surface area contributed by atoms with Crippen molar-refractivity contribution in [3.8, 4) is 0 Å². The summed E-state index contributed by atoms with van der Waals surface area (Å²) in [6, 6.07) is 6.08. The first-order valence-corrected chi connectivity index (χ1v) is 8.87. The van der Waals surface area contributed by atoms with Gasteiger partial charge in [0.05, 0.1) is 0 Å². The molecule has 0 amide bonds. The van der Waals surface area contributed by atoms with E-state index >= 15 is 0 Å². The molecular weight excluding hydrogens is 331 g/mol. The maximum atomic E-state index is 14.1. The summed E-state index contributed by atoms with van der Waals surface area (Å²) in [6.45, 7) is 5.47. The highest BCUT2D eigenvalue weighted by molar-refractivity contribution is 9.10. The molecule has 0 saturated carbocycles. The van der Waals surface area contributed by atoms with Gasteiger partial charge >= 0.3 is 0 Å². The molecule has 3 unspecified atom stereocenters. The van der Waals surface area contributed by atoms with Gasteiger partial charge in [0, 0.05) is 28.7 Å². The van der Waals surface area contributed by atoms with Gasteiger partial charge in [-0.3, -0.25) is 4.90 Å². The van der Waals surface area contributed by atoms with Crippen LogP contribution in [0.4, 0.5) is 4.39 Å². The Kier molecular flexibility index (Phi) is 4.97. The van der Waals surface area contributed by atoms with Crippen molar-refractivity contribution < 1.29 is 4.39 Å². The number of nitrogens with zero attached hydrogens (tertiary/aromatic N) is 1. The first-order chi connectivity index (χ1) is 10.1. The van der Waals surface area contributed by atoms with Crippen molar-refractivity contribution in [2.45, 2.75) is 44.7 Å². The Hall–Kier alpha value is -0.450. The average molecular weight is 355 g/mol. The molecule has 21 heavy (non-hydrogen) atoms. The van der Waals surface area contributed by atoms with Crippen molar-refractivity contribution in [3.63, 3.8) is 0 Å². The number of hydrogen-bond acceptors (Lipinski definition) is 2. The SMILES string of the molecule is CC(c1cc(Br)ccc1F)N1CCCC(C2CCCN2)C1. The minimum absolute atomic E-state index is 0.0909. The van der Waals surface area contributed by atoms with Crippen LogP contribution in [0.25, 0.3) is 0 Å². The van der Waals surface area contributed by atoms with E-state index in [0.29, 0.717) is 6.04 Å². The van der Waals surface area contributed by atoms with Gasteiger partial charge in [-0.2, -0.15) is 0 Å². The highest BCUT2D eigenvalue weighted by atomic mass is 79.9. The maximum absolute atomic E-state index is 14.1. The summed E-state index contributed by atoms with van der Waals surface area (Å²) in [7, 11) is 0. The van der Waals surface area contributed by atoms with Crippen LogP contribution in [0.5, 0.6) is 0 Å². The number of rotatable bonds is 3. The molecule has 0 aromatic heterocycles. The van der Waals surface area contributed by atoms with Crippen LogP contribution in [0.3, 0.4) is 0 Å². The van der Waals surface area contributed by atoms with E-state index in [0.717, 1.165) is 35.6 Å². The number of halogens is 2. The number of benzene rings is 1. The summed E-state index contributed by atoms with van der Waals surface area (Å²) in [4.78, 5) is 2.46. The molecule has 2 heterocycles. The van der Waals surface area contributed by atoms with Gasteiger partial charge in [-0.1, -0.05) is 15.9 Å². The largest absolute Gasteiger partial charge is 0.314 e. The Balaban J connectivity index is 1.71. The zero-order valence-corrected chi connectivity index (χ0v) is 14.2. The van der Waals surface area contributed by atoms with Crippen LogP contribution < -0.4 is 5.32 Å². The summed E-state index contributed by atoms with van der Waals surface area (Å²) < 4.78 is 15.1. The third-order valence-corrected chi connectivity index (χ3v) is 5.61. The Morgan fingerprint density at radius 3 is 2.95 bits per heavy atom. The van der Waals surface area contributed by atoms with Crippen LogP contribution in [0.1, 0.15) is 44.2 Å². The summed E-state index contributed by atoms with van der Waals surface area (Å²) in [5.41, 5.74) is 0.810. The second-order valence-electron chi connectivity index (χ2n) is 6.44. The van der Waals surface area contributed by atoms with Crippen LogP contribution in [-0.4, -0.2) is 30.6 Å². The molecule has 3 atom stereocenters. The van der Waals surface area contributed by atoms with Crippen molar-refractivity contribution in [2.24, 2.45) is 5.92 Å². The molecule has 2 nitrogen and oxygen atoms in total. The average Bonchev–Trinajstić information content (AvgIpc) is 3.03. The van der Waals surface area contributed by atoms with Gasteiger partial charge in [-0.15, -0.1) is 0 Å². The van der Waals surface area contributed by atoms with Crippen LogP contribution in [0, 0.1) is 11.7 Å². The summed E-state index contributed by atoms with van der Waals surface area (Å²) >= 11 is 3.46. The molecule has 0 aliphatic carbocycles. The van der Waals surface area contributed by atoms with E-state index in [1.54, 1.807) is 12.1 Å². The van der Waals surface area contributed by atoms with Gasteiger partial charge in [0.2, 0.25) is 0 Å². The zero-order valence-electron chi connectivity index (χ0n) is 12.6. The summed E-state index contributed by atoms with van der Waals surface area (Å²) in [5.74, 6) is 0.630. The van der Waals surface area contributed by atoms with Crippen molar-refractivity contribution in [1.29, 1.82) is 0 Å². The minimum atomic E-state index is -0.0909. The quantitative estimate of drug-likeness (QED) is 0.878. The highest BCUT2D eigenvalue weighted by Gasteiger charge is 2.31. The monoisotopic (exact) mass is 354 g/mol. The van der Waals surface area contributed by atoms with Gasteiger partial charge in [0.15, 0.2) is 0 Å². The molecule has 2 saturated heterocycles. The molecule has 3 rings (SSSR count). The van der Waals surface area contributed by atoms with Crippen molar-refractivity contribution in [3.05, 3.63) is 34.1 Å². The molecule has 0 spiro atoms. The lowest BCUT2D eigenvalue weighted by molar-refractivity contribution is 0.113. The highest BCUT2D eigenvalue weighted by Crippen LogP contribution is 2.32. The lowest BCUT2D eigenvalue weighted by Gasteiger charge is -2.39. The fourth-order valence-corrected chi connectivity index (χ4v) is 4.24. The molecule has 1 aromatic carbocycles. The predicted molar refractivity (Wildman–Crippen MR) is 87.8 cm³/mol. The second kappa shape index (κ2) is 6.76. The van der Waals surface area contributed by atoms with Crippen LogP contribution >= 0.6 is 15.9 Å². The van der Waals surface area contributed by atoms with E-state index in [-0.39, 0.29) is 11.9 Å². The summed E-state index contributed by atoms with van der Waals surface area (Å²) in [6.07, 6.45) is 5.14. The Bertz CT molecular complexity index is 488. The van der Waals surface area contributed by atoms with Crippen molar-refractivity contribution in [1.82, 2.24) is 10.2 Å². The van der Waals surface area contributed by atoms with Crippen LogP contribution in [0.2, 0.25) is 0 Å². The van der Waals surface area contributed by atoms with E-state index in [1.165, 1.54) is 25.7 Å². The van der Waals surface area contributed by atoms with Gasteiger partial charge in [-0.05, 0) is 69.8 Å². The molecular formula is C17H24BrFN2. The summed E-state index contributed by atoms with van der Waals surface area (Å²) in [5, 5.41) is 3.64. The molecule has 4 heteroatoms. The fourth-order valence-electron chi connectivity index (χ4n) is 3.87. The molecule has 2 fully saturated rings. The number of hydrogen-bond donors (Lipinski definition) is 1. The molecule has 0 bridgehead atoms. The lowest BCUT2D eigenvalue weighted by atomic mass is 9.88. The van der Waals surface area contributed by atoms with Gasteiger partial charge in [0.25, 0.3) is 0 Å². The Morgan fingerprint density at radius 2 is 2.19 bits per heavy atom. The maximum Gasteiger partial charge on any atom is 0.128 e. The normalized spacial score (nSPS) is 28.7. The van der Waals surface area contributed by atoms with E-state index < -0.39 is 0 Å². The molecule has 2 aliphatic heterocycles. The second-order valence-corrected chi connectivity index (χ2v) is 7.36. The first kappa shape index (κ1) is 15.4. The first-order valence-electron chi connectivity index (χ1n) is 8.07. The number of likely N-dealkylation sites (tertiary alicyclic amines) is 1. The molecule has 1 N–H and O–H groups in total. The zero-order chi connectivity index (χ0) is 14.8. The number of piperidine rings is 1. The fraction of sp³-hybridized carbons (Fsp3) is 0.647. The molecule has 116 valence electrons. The van der Waals surface area contributed by atoms with E-state index in [4.69, 9.17) is 0 Å². The molecule has 0 radical (unpaired) electrons. The van der Waals surface area contributed by atoms with Crippen molar-refractivity contribution in [2.75, 3.05) is 19.6 Å². The smallest absolute Gasteiger partial charge is 0.128 e. The molecule has 1 aromatic rings. The van der Waals surface area contributed by atoms with Gasteiger partial charge in [0.1, 0.15) is 5.82 Å². The Morgan fingerprint density at radius 1 is 1.33 bits per heavy atom. The molecule has 2 aliphatic rings. The Labute approximate surface area is 135 Å². The van der Waals surface area contributed by atoms with Gasteiger partial charge < -0.3 is 5.32 Å². The standard InChI is InChI=1S/C17H24BrFN2/c1-12(15-10-14(18)6-7-16(15)19)21-9-3-4-13(11-21)17-5-2-8-20-17/h6-7,10,12-13,17,20H,2-5,8-9,11H2,1H3. The lowest BCUT2D eigenvalue weighted by Crippen LogP contribution is -2.44. The third-order valence-electron chi connectivity index (χ3n) is 5.11.